The number of ether oxygens (including phenoxy) is 1. The molecule has 5 rings (SSSR count). The predicted molar refractivity (Wildman–Crippen MR) is 128 cm³/mol. The summed E-state index contributed by atoms with van der Waals surface area (Å²) in [6.07, 6.45) is 9.25. The summed E-state index contributed by atoms with van der Waals surface area (Å²) in [4.78, 5) is 18.0. The maximum atomic E-state index is 12.2. The first-order valence-electron chi connectivity index (χ1n) is 12.0. The Morgan fingerprint density at radius 2 is 1.91 bits per heavy atom. The average Bonchev–Trinajstić information content (AvgIpc) is 3.65. The molecule has 2 N–H and O–H groups in total. The SMILES string of the molecule is [C-]#[N+]Sc1cnn2c(N[C@H]3CC[C@H](NC(=O)OC(C)(C)C)C3)cc(C(C3CC3)C3CC3)nc12. The molecule has 3 saturated carbocycles. The second-order valence-electron chi connectivity index (χ2n) is 10.7. The zero-order chi connectivity index (χ0) is 23.2. The third-order valence-electron chi connectivity index (χ3n) is 6.71. The monoisotopic (exact) mass is 468 g/mol. The first-order chi connectivity index (χ1) is 15.8. The summed E-state index contributed by atoms with van der Waals surface area (Å²) >= 11 is 1.10. The van der Waals surface area contributed by atoms with Gasteiger partial charge in [0.15, 0.2) is 10.5 Å². The maximum Gasteiger partial charge on any atom is 0.407 e. The van der Waals surface area contributed by atoms with Gasteiger partial charge in [-0.05, 0) is 77.6 Å². The van der Waals surface area contributed by atoms with Crippen molar-refractivity contribution >= 4 is 29.5 Å². The van der Waals surface area contributed by atoms with Crippen molar-refractivity contribution in [2.45, 2.75) is 94.2 Å². The van der Waals surface area contributed by atoms with E-state index in [1.165, 1.54) is 25.7 Å². The largest absolute Gasteiger partial charge is 0.444 e. The van der Waals surface area contributed by atoms with Crippen molar-refractivity contribution in [1.82, 2.24) is 19.9 Å². The molecule has 2 aromatic heterocycles. The Bertz CT molecular complexity index is 1070. The summed E-state index contributed by atoms with van der Waals surface area (Å²) in [7, 11) is 0. The van der Waals surface area contributed by atoms with E-state index in [2.05, 4.69) is 26.0 Å². The Morgan fingerprint density at radius 3 is 2.55 bits per heavy atom. The maximum absolute atomic E-state index is 12.2. The van der Waals surface area contributed by atoms with Crippen molar-refractivity contribution in [1.29, 1.82) is 0 Å². The van der Waals surface area contributed by atoms with Crippen molar-refractivity contribution in [3.63, 3.8) is 0 Å². The lowest BCUT2D eigenvalue weighted by atomic mass is 9.93. The second kappa shape index (κ2) is 8.71. The molecule has 1 amide bonds. The van der Waals surface area contributed by atoms with Crippen molar-refractivity contribution in [2.24, 2.45) is 11.8 Å². The third-order valence-corrected chi connectivity index (χ3v) is 7.29. The van der Waals surface area contributed by atoms with Gasteiger partial charge in [-0.2, -0.15) is 9.61 Å². The van der Waals surface area contributed by atoms with Crippen LogP contribution >= 0.6 is 11.9 Å². The van der Waals surface area contributed by atoms with Crippen molar-refractivity contribution in [3.05, 3.63) is 28.8 Å². The fraction of sp³-hybridized carbons (Fsp3) is 0.667. The minimum Gasteiger partial charge on any atom is -0.444 e. The molecule has 2 atom stereocenters. The van der Waals surface area contributed by atoms with Crippen LogP contribution in [0.3, 0.4) is 0 Å². The third kappa shape index (κ3) is 5.21. The quantitative estimate of drug-likeness (QED) is 0.417. The number of alkyl carbamates (subject to hydrolysis) is 1. The molecule has 0 unspecified atom stereocenters. The summed E-state index contributed by atoms with van der Waals surface area (Å²) in [5.41, 5.74) is 1.41. The topological polar surface area (TPSA) is 84.9 Å². The molecular weight excluding hydrogens is 436 g/mol. The molecular formula is C24H32N6O2S. The van der Waals surface area contributed by atoms with Crippen LogP contribution in [0.4, 0.5) is 10.6 Å². The van der Waals surface area contributed by atoms with Gasteiger partial charge >= 0.3 is 6.09 Å². The summed E-state index contributed by atoms with van der Waals surface area (Å²) < 4.78 is 10.7. The van der Waals surface area contributed by atoms with E-state index in [9.17, 15) is 4.79 Å². The molecule has 8 nitrogen and oxygen atoms in total. The molecule has 0 bridgehead atoms. The molecule has 3 fully saturated rings. The van der Waals surface area contributed by atoms with Gasteiger partial charge in [0.1, 0.15) is 11.4 Å². The van der Waals surface area contributed by atoms with Gasteiger partial charge in [-0.3, -0.25) is 0 Å². The molecule has 0 spiro atoms. The predicted octanol–water partition coefficient (Wildman–Crippen LogP) is 5.42. The fourth-order valence-electron chi connectivity index (χ4n) is 5.05. The van der Waals surface area contributed by atoms with Crippen molar-refractivity contribution in [3.8, 4) is 0 Å². The van der Waals surface area contributed by atoms with E-state index in [-0.39, 0.29) is 18.2 Å². The minimum absolute atomic E-state index is 0.0886. The van der Waals surface area contributed by atoms with Crippen LogP contribution in [-0.2, 0) is 4.74 Å². The molecule has 3 aliphatic carbocycles. The second-order valence-corrected chi connectivity index (χ2v) is 11.5. The van der Waals surface area contributed by atoms with Crippen LogP contribution in [0.5, 0.6) is 0 Å². The van der Waals surface area contributed by atoms with Crippen LogP contribution in [0.25, 0.3) is 9.90 Å². The Labute approximate surface area is 199 Å². The Balaban J connectivity index is 1.35. The van der Waals surface area contributed by atoms with E-state index >= 15 is 0 Å². The standard InChI is InChI=1S/C24H32N6O2S/c1-24(2,3)32-23(31)28-17-10-9-16(11-17)27-20-12-18(21(14-5-6-14)15-7-8-15)29-22-19(33-25-4)13-26-30(20)22/h12-17,21,27H,5-11H2,1-3H3,(H,28,31)/t16-,17-/m0/s1. The molecule has 0 aromatic carbocycles. The lowest BCUT2D eigenvalue weighted by molar-refractivity contribution is 0.0505. The normalized spacial score (nSPS) is 23.0. The highest BCUT2D eigenvalue weighted by molar-refractivity contribution is 8.01. The van der Waals surface area contributed by atoms with E-state index < -0.39 is 5.60 Å². The number of nitrogens with zero attached hydrogens (tertiary/aromatic N) is 4. The number of carbonyl (C=O) groups excluding carboxylic acids is 1. The van der Waals surface area contributed by atoms with Gasteiger partial charge in [0.05, 0.1) is 11.9 Å². The van der Waals surface area contributed by atoms with E-state index in [1.807, 2.05) is 25.3 Å². The zero-order valence-electron chi connectivity index (χ0n) is 19.5. The lowest BCUT2D eigenvalue weighted by Gasteiger charge is -2.22. The smallest absolute Gasteiger partial charge is 0.407 e. The molecule has 9 heteroatoms. The Hall–Kier alpha value is -2.47. The number of fused-ring (bicyclic) bond motifs is 1. The molecule has 0 saturated heterocycles. The minimum atomic E-state index is -0.500. The van der Waals surface area contributed by atoms with Gasteiger partial charge in [-0.15, -0.1) is 0 Å². The van der Waals surface area contributed by atoms with Crippen LogP contribution in [0, 0.1) is 18.4 Å². The molecule has 2 heterocycles. The number of carbonyl (C=O) groups is 1. The molecule has 2 aromatic rings. The van der Waals surface area contributed by atoms with E-state index in [0.29, 0.717) is 5.92 Å². The van der Waals surface area contributed by atoms with Crippen LogP contribution < -0.4 is 10.6 Å². The molecule has 3 aliphatic rings. The number of rotatable bonds is 7. The fourth-order valence-corrected chi connectivity index (χ4v) is 5.46. The summed E-state index contributed by atoms with van der Waals surface area (Å²) in [6.45, 7) is 12.9. The molecule has 0 radical (unpaired) electrons. The average molecular weight is 469 g/mol. The number of aromatic nitrogens is 3. The highest BCUT2D eigenvalue weighted by atomic mass is 32.2. The first kappa shape index (κ1) is 22.3. The summed E-state index contributed by atoms with van der Waals surface area (Å²) in [5.74, 6) is 2.94. The number of anilines is 1. The Morgan fingerprint density at radius 1 is 1.21 bits per heavy atom. The number of hydrogen-bond donors (Lipinski definition) is 2. The highest BCUT2D eigenvalue weighted by Gasteiger charge is 2.43. The molecule has 0 aliphatic heterocycles. The van der Waals surface area contributed by atoms with Gasteiger partial charge < -0.3 is 15.4 Å². The van der Waals surface area contributed by atoms with Crippen LogP contribution in [0.2, 0.25) is 0 Å². The van der Waals surface area contributed by atoms with Gasteiger partial charge in [-0.1, -0.05) is 0 Å². The van der Waals surface area contributed by atoms with Gasteiger partial charge in [0.25, 0.3) is 11.9 Å². The van der Waals surface area contributed by atoms with E-state index in [0.717, 1.165) is 65.1 Å². The highest BCUT2D eigenvalue weighted by Crippen LogP contribution is 2.54. The van der Waals surface area contributed by atoms with E-state index in [1.54, 1.807) is 6.20 Å². The van der Waals surface area contributed by atoms with Crippen LogP contribution in [-0.4, -0.2) is 38.4 Å². The Kier molecular flexibility index (Phi) is 5.89. The van der Waals surface area contributed by atoms with Crippen molar-refractivity contribution < 1.29 is 9.53 Å². The van der Waals surface area contributed by atoms with E-state index in [4.69, 9.17) is 16.3 Å². The van der Waals surface area contributed by atoms with Gasteiger partial charge in [0, 0.05) is 24.1 Å². The number of amides is 1. The molecule has 176 valence electrons. The number of hydrogen-bond acceptors (Lipinski definition) is 6. The number of nitrogens with one attached hydrogen (secondary N) is 2. The summed E-state index contributed by atoms with van der Waals surface area (Å²) in [5, 5.41) is 11.2. The first-order valence-corrected chi connectivity index (χ1v) is 12.8. The zero-order valence-corrected chi connectivity index (χ0v) is 20.3. The van der Waals surface area contributed by atoms with Crippen LogP contribution in [0.15, 0.2) is 17.2 Å². The van der Waals surface area contributed by atoms with Crippen molar-refractivity contribution in [2.75, 3.05) is 5.32 Å². The van der Waals surface area contributed by atoms with Gasteiger partial charge in [0.2, 0.25) is 0 Å². The van der Waals surface area contributed by atoms with Gasteiger partial charge in [-0.25, -0.2) is 20.6 Å². The lowest BCUT2D eigenvalue weighted by Crippen LogP contribution is -2.38. The van der Waals surface area contributed by atoms with Crippen LogP contribution in [0.1, 0.15) is 77.3 Å². The summed E-state index contributed by atoms with van der Waals surface area (Å²) in [6, 6.07) is 2.50. The molecule has 33 heavy (non-hydrogen) atoms.